The van der Waals surface area contributed by atoms with Gasteiger partial charge in [-0.05, 0) is 36.2 Å². The average molecular weight is 370 g/mol. The monoisotopic (exact) mass is 370 g/mol. The molecule has 0 amide bonds. The predicted molar refractivity (Wildman–Crippen MR) is 107 cm³/mol. The summed E-state index contributed by atoms with van der Waals surface area (Å²) >= 11 is 0. The normalized spacial score (nSPS) is 11.3. The molecular formula is C20H18N8. The van der Waals surface area contributed by atoms with Crippen molar-refractivity contribution in [3.63, 3.8) is 0 Å². The molecule has 0 aliphatic heterocycles. The third-order valence-corrected chi connectivity index (χ3v) is 4.61. The van der Waals surface area contributed by atoms with Crippen LogP contribution in [-0.4, -0.2) is 42.2 Å². The van der Waals surface area contributed by atoms with E-state index in [1.165, 1.54) is 12.7 Å². The number of hydrogen-bond acceptors (Lipinski definition) is 5. The Morgan fingerprint density at radius 3 is 2.71 bits per heavy atom. The number of imidazole rings is 1. The number of rotatable bonds is 5. The van der Waals surface area contributed by atoms with Crippen LogP contribution in [0.15, 0.2) is 48.5 Å². The van der Waals surface area contributed by atoms with E-state index in [9.17, 15) is 0 Å². The van der Waals surface area contributed by atoms with Crippen LogP contribution in [0.4, 0.5) is 0 Å². The summed E-state index contributed by atoms with van der Waals surface area (Å²) in [5.74, 6) is 0. The van der Waals surface area contributed by atoms with Crippen LogP contribution in [0.5, 0.6) is 0 Å². The van der Waals surface area contributed by atoms with Crippen LogP contribution in [-0.2, 0) is 13.5 Å². The zero-order valence-corrected chi connectivity index (χ0v) is 15.6. The topological polar surface area (TPSA) is 78.1 Å². The summed E-state index contributed by atoms with van der Waals surface area (Å²) in [7, 11) is 1.94. The summed E-state index contributed by atoms with van der Waals surface area (Å²) in [5, 5.41) is 13.0. The van der Waals surface area contributed by atoms with Crippen LogP contribution in [0.1, 0.15) is 16.7 Å². The number of aromatic nitrogens is 6. The number of nitrogens with zero attached hydrogens (tertiary/aromatic N) is 8. The van der Waals surface area contributed by atoms with Crippen molar-refractivity contribution in [2.24, 2.45) is 12.1 Å². The fraction of sp³-hybridized carbons (Fsp3) is 0.200. The van der Waals surface area contributed by atoms with Gasteiger partial charge in [0.15, 0.2) is 0 Å². The van der Waals surface area contributed by atoms with E-state index in [0.29, 0.717) is 6.54 Å². The second-order valence-electron chi connectivity index (χ2n) is 6.50. The predicted octanol–water partition coefficient (Wildman–Crippen LogP) is 2.88. The second kappa shape index (κ2) is 7.40. The van der Waals surface area contributed by atoms with E-state index < -0.39 is 0 Å². The minimum atomic E-state index is 0.469. The molecule has 0 N–H and O–H groups in total. The molecule has 3 heterocycles. The second-order valence-corrected chi connectivity index (χ2v) is 6.50. The molecule has 0 unspecified atom stereocenters. The first-order valence-corrected chi connectivity index (χ1v) is 8.79. The molecule has 8 nitrogen and oxygen atoms in total. The largest absolute Gasteiger partial charge is 0.332 e. The maximum Gasteiger partial charge on any atom is 0.218 e. The molecule has 0 saturated heterocycles. The summed E-state index contributed by atoms with van der Waals surface area (Å²) in [6.45, 7) is 9.60. The van der Waals surface area contributed by atoms with Gasteiger partial charge >= 0.3 is 0 Å². The first-order valence-electron chi connectivity index (χ1n) is 8.79. The van der Waals surface area contributed by atoms with Gasteiger partial charge in [0, 0.05) is 24.4 Å². The molecule has 0 bridgehead atoms. The molecule has 8 heteroatoms. The Morgan fingerprint density at radius 1 is 1.18 bits per heavy atom. The van der Waals surface area contributed by atoms with E-state index in [4.69, 9.17) is 11.6 Å². The van der Waals surface area contributed by atoms with Gasteiger partial charge in [0.25, 0.3) is 0 Å². The highest BCUT2D eigenvalue weighted by Crippen LogP contribution is 2.26. The van der Waals surface area contributed by atoms with E-state index in [-0.39, 0.29) is 0 Å². The van der Waals surface area contributed by atoms with Crippen LogP contribution in [0.25, 0.3) is 27.1 Å². The van der Waals surface area contributed by atoms with Crippen molar-refractivity contribution < 1.29 is 0 Å². The molecule has 0 aliphatic rings. The summed E-state index contributed by atoms with van der Waals surface area (Å²) in [4.78, 5) is 12.5. The zero-order valence-electron chi connectivity index (χ0n) is 15.6. The Kier molecular flexibility index (Phi) is 4.64. The van der Waals surface area contributed by atoms with Crippen molar-refractivity contribution in [2.45, 2.75) is 13.3 Å². The highest BCUT2D eigenvalue weighted by molar-refractivity contribution is 6.00. The van der Waals surface area contributed by atoms with E-state index in [1.54, 1.807) is 23.4 Å². The molecule has 0 atom stereocenters. The molecule has 28 heavy (non-hydrogen) atoms. The lowest BCUT2D eigenvalue weighted by molar-refractivity contribution is 0.878. The molecule has 4 aromatic rings. The summed E-state index contributed by atoms with van der Waals surface area (Å²) < 4.78 is 3.48. The molecule has 1 aromatic carbocycles. The molecule has 0 aliphatic carbocycles. The highest BCUT2D eigenvalue weighted by atomic mass is 15.4. The number of pyridine rings is 1. The first-order chi connectivity index (χ1) is 13.7. The summed E-state index contributed by atoms with van der Waals surface area (Å²) in [6.07, 6.45) is 9.12. The summed E-state index contributed by atoms with van der Waals surface area (Å²) in [6, 6.07) is 6.19. The first kappa shape index (κ1) is 17.5. The Hall–Kier alpha value is -3.86. The zero-order chi connectivity index (χ0) is 19.5. The van der Waals surface area contributed by atoms with Gasteiger partial charge in [-0.3, -0.25) is 0 Å². The lowest BCUT2D eigenvalue weighted by Crippen LogP contribution is -1.99. The maximum absolute atomic E-state index is 7.07. The molecule has 4 rings (SSSR count). The van der Waals surface area contributed by atoms with Crippen molar-refractivity contribution in [1.82, 2.24) is 29.4 Å². The van der Waals surface area contributed by atoms with Gasteiger partial charge in [-0.1, -0.05) is 0 Å². The standard InChI is InChI=1S/C20H18N8/c1-14-6-18-17(7-15(14)4-5-21-2)16(9-25-28-12-23-24-13-28)8-19(26-18)20-10-22-11-27(20)3/h6-13H,4-5H2,1,3H3/b25-9+. The van der Waals surface area contributed by atoms with Crippen LogP contribution in [0.2, 0.25) is 0 Å². The third-order valence-electron chi connectivity index (χ3n) is 4.61. The van der Waals surface area contributed by atoms with Gasteiger partial charge in [-0.2, -0.15) is 5.10 Å². The van der Waals surface area contributed by atoms with E-state index in [1.807, 2.05) is 17.7 Å². The lowest BCUT2D eigenvalue weighted by Gasteiger charge is -2.11. The number of fused-ring (bicyclic) bond motifs is 1. The molecule has 0 radical (unpaired) electrons. The van der Waals surface area contributed by atoms with Crippen molar-refractivity contribution >= 4 is 17.1 Å². The van der Waals surface area contributed by atoms with Crippen LogP contribution in [0.3, 0.4) is 0 Å². The van der Waals surface area contributed by atoms with E-state index in [0.717, 1.165) is 45.4 Å². The van der Waals surface area contributed by atoms with Crippen LogP contribution < -0.4 is 0 Å². The highest BCUT2D eigenvalue weighted by Gasteiger charge is 2.12. The summed E-state index contributed by atoms with van der Waals surface area (Å²) in [5.41, 5.74) is 5.85. The quantitative estimate of drug-likeness (QED) is 0.400. The minimum Gasteiger partial charge on any atom is -0.332 e. The molecule has 0 saturated carbocycles. The molecule has 0 spiro atoms. The van der Waals surface area contributed by atoms with Gasteiger partial charge in [0.2, 0.25) is 6.54 Å². The number of aryl methyl sites for hydroxylation is 2. The number of benzene rings is 1. The molecule has 3 aromatic heterocycles. The SMILES string of the molecule is [C-]#[N+]CCc1cc2c(/C=N/n3cnnc3)cc(-c3cncn3C)nc2cc1C. The van der Waals surface area contributed by atoms with E-state index >= 15 is 0 Å². The average Bonchev–Trinajstić information content (AvgIpc) is 3.36. The van der Waals surface area contributed by atoms with Crippen LogP contribution in [0, 0.1) is 13.5 Å². The van der Waals surface area contributed by atoms with Gasteiger partial charge in [0.1, 0.15) is 12.7 Å². The van der Waals surface area contributed by atoms with Crippen molar-refractivity contribution in [3.8, 4) is 11.4 Å². The molecule has 0 fully saturated rings. The molecule has 138 valence electrons. The lowest BCUT2D eigenvalue weighted by atomic mass is 9.99. The van der Waals surface area contributed by atoms with Gasteiger partial charge in [-0.25, -0.2) is 21.2 Å². The third kappa shape index (κ3) is 3.38. The van der Waals surface area contributed by atoms with Gasteiger partial charge < -0.3 is 9.41 Å². The van der Waals surface area contributed by atoms with E-state index in [2.05, 4.69) is 44.2 Å². The Labute approximate surface area is 162 Å². The van der Waals surface area contributed by atoms with Gasteiger partial charge in [-0.15, -0.1) is 10.2 Å². The fourth-order valence-electron chi connectivity index (χ4n) is 3.12. The molecular weight excluding hydrogens is 352 g/mol. The van der Waals surface area contributed by atoms with Crippen molar-refractivity contribution in [3.05, 3.63) is 71.5 Å². The van der Waals surface area contributed by atoms with Crippen molar-refractivity contribution in [2.75, 3.05) is 6.54 Å². The Morgan fingerprint density at radius 2 is 2.00 bits per heavy atom. The minimum absolute atomic E-state index is 0.469. The fourth-order valence-corrected chi connectivity index (χ4v) is 3.12. The van der Waals surface area contributed by atoms with Crippen LogP contribution >= 0.6 is 0 Å². The van der Waals surface area contributed by atoms with Gasteiger partial charge in [0.05, 0.1) is 35.6 Å². The maximum atomic E-state index is 7.07. The van der Waals surface area contributed by atoms with Crippen molar-refractivity contribution in [1.29, 1.82) is 0 Å². The smallest absolute Gasteiger partial charge is 0.218 e. The number of hydrogen-bond donors (Lipinski definition) is 0. The Balaban J connectivity index is 1.90. The Bertz CT molecular complexity index is 1200.